The zero-order chi connectivity index (χ0) is 27.1. The molecule has 0 bridgehead atoms. The highest BCUT2D eigenvalue weighted by Gasteiger charge is 2.27. The number of halogens is 2. The number of benzene rings is 2. The Morgan fingerprint density at radius 3 is 1.69 bits per heavy atom. The number of nitro groups is 1. The molecule has 0 aliphatic rings. The molecule has 0 N–H and O–H groups in total. The standard InChI is InChI=1S/C12H14BrNO5.C12H15BrO3/c1-12(2,3)7-5-8(13)10(19-11(15)18-4)6-9(7)14(16)17;1-12(2,3)8-5-6-10(9(13)7-8)16-11(14)15-4/h5-6H,1-4H3;5-7H,1-4H3. The Bertz CT molecular complexity index is 1090. The Morgan fingerprint density at radius 1 is 0.800 bits per heavy atom. The fourth-order valence-electron chi connectivity index (χ4n) is 2.69. The van der Waals surface area contributed by atoms with E-state index in [1.165, 1.54) is 13.2 Å². The highest BCUT2D eigenvalue weighted by Crippen LogP contribution is 2.39. The summed E-state index contributed by atoms with van der Waals surface area (Å²) in [6, 6.07) is 8.42. The molecule has 192 valence electrons. The predicted octanol–water partition coefficient (Wildman–Crippen LogP) is 7.69. The third-order valence-corrected chi connectivity index (χ3v) is 5.81. The van der Waals surface area contributed by atoms with Gasteiger partial charge in [-0.2, -0.15) is 0 Å². The minimum Gasteiger partial charge on any atom is -0.437 e. The summed E-state index contributed by atoms with van der Waals surface area (Å²) in [4.78, 5) is 32.6. The van der Waals surface area contributed by atoms with Gasteiger partial charge in [0.05, 0.1) is 34.2 Å². The molecule has 2 aromatic carbocycles. The Morgan fingerprint density at radius 2 is 1.29 bits per heavy atom. The molecule has 0 atom stereocenters. The van der Waals surface area contributed by atoms with Crippen molar-refractivity contribution in [1.29, 1.82) is 0 Å². The second-order valence-electron chi connectivity index (χ2n) is 9.31. The van der Waals surface area contributed by atoms with E-state index in [0.29, 0.717) is 15.8 Å². The minimum absolute atomic E-state index is 0.0477. The topological polar surface area (TPSA) is 114 Å². The summed E-state index contributed by atoms with van der Waals surface area (Å²) in [6.45, 7) is 12.0. The van der Waals surface area contributed by atoms with E-state index in [0.717, 1.165) is 17.1 Å². The SMILES string of the molecule is COC(=O)Oc1cc([N+](=O)[O-])c(C(C)(C)C)cc1Br.COC(=O)Oc1ccc(C(C)(C)C)cc1Br. The van der Waals surface area contributed by atoms with Gasteiger partial charge in [0.2, 0.25) is 0 Å². The number of hydrogen-bond donors (Lipinski definition) is 0. The van der Waals surface area contributed by atoms with E-state index in [1.54, 1.807) is 12.1 Å². The number of nitro benzene ring substituents is 1. The third-order valence-electron chi connectivity index (χ3n) is 4.57. The molecule has 0 aliphatic heterocycles. The van der Waals surface area contributed by atoms with Crippen molar-refractivity contribution in [3.8, 4) is 11.5 Å². The van der Waals surface area contributed by atoms with Crippen molar-refractivity contribution in [2.75, 3.05) is 14.2 Å². The fraction of sp³-hybridized carbons (Fsp3) is 0.417. The van der Waals surface area contributed by atoms with E-state index in [1.807, 2.05) is 32.9 Å². The minimum atomic E-state index is -0.932. The first kappa shape index (κ1) is 30.4. The van der Waals surface area contributed by atoms with Gasteiger partial charge in [-0.25, -0.2) is 9.59 Å². The van der Waals surface area contributed by atoms with Crippen LogP contribution in [0.25, 0.3) is 0 Å². The zero-order valence-corrected chi connectivity index (χ0v) is 24.0. The Kier molecular flexibility index (Phi) is 10.7. The van der Waals surface area contributed by atoms with Gasteiger partial charge in [-0.1, -0.05) is 47.6 Å². The molecule has 0 amide bonds. The second-order valence-corrected chi connectivity index (χ2v) is 11.0. The summed E-state index contributed by atoms with van der Waals surface area (Å²) in [7, 11) is 2.44. The van der Waals surface area contributed by atoms with Crippen molar-refractivity contribution in [1.82, 2.24) is 0 Å². The first-order valence-corrected chi connectivity index (χ1v) is 11.9. The van der Waals surface area contributed by atoms with Crippen LogP contribution in [-0.2, 0) is 20.3 Å². The van der Waals surface area contributed by atoms with Gasteiger partial charge in [-0.05, 0) is 66.5 Å². The van der Waals surface area contributed by atoms with Crippen molar-refractivity contribution < 1.29 is 33.5 Å². The van der Waals surface area contributed by atoms with Gasteiger partial charge >= 0.3 is 12.3 Å². The van der Waals surface area contributed by atoms with Crippen LogP contribution in [0.2, 0.25) is 0 Å². The second kappa shape index (κ2) is 12.3. The molecule has 0 saturated heterocycles. The first-order valence-electron chi connectivity index (χ1n) is 10.3. The maximum Gasteiger partial charge on any atom is 0.513 e. The van der Waals surface area contributed by atoms with Gasteiger partial charge in [0, 0.05) is 5.56 Å². The molecule has 0 fully saturated rings. The smallest absolute Gasteiger partial charge is 0.437 e. The van der Waals surface area contributed by atoms with Gasteiger partial charge < -0.3 is 18.9 Å². The van der Waals surface area contributed by atoms with Crippen molar-refractivity contribution >= 4 is 49.9 Å². The molecule has 0 unspecified atom stereocenters. The lowest BCUT2D eigenvalue weighted by atomic mass is 9.86. The number of rotatable bonds is 3. The van der Waals surface area contributed by atoms with Crippen LogP contribution in [0, 0.1) is 10.1 Å². The van der Waals surface area contributed by atoms with Gasteiger partial charge in [0.25, 0.3) is 5.69 Å². The monoisotopic (exact) mass is 617 g/mol. The highest BCUT2D eigenvalue weighted by atomic mass is 79.9. The normalized spacial score (nSPS) is 11.0. The number of carbonyl (C=O) groups excluding carboxylic acids is 2. The summed E-state index contributed by atoms with van der Waals surface area (Å²) in [5.74, 6) is 0.506. The molecule has 0 heterocycles. The molecule has 2 aromatic rings. The molecule has 2 rings (SSSR count). The van der Waals surface area contributed by atoms with Gasteiger partial charge in [0.1, 0.15) is 5.75 Å². The lowest BCUT2D eigenvalue weighted by molar-refractivity contribution is -0.386. The van der Waals surface area contributed by atoms with Crippen LogP contribution in [-0.4, -0.2) is 31.5 Å². The number of carbonyl (C=O) groups is 2. The van der Waals surface area contributed by atoms with Crippen molar-refractivity contribution in [3.63, 3.8) is 0 Å². The maximum atomic E-state index is 11.1. The number of ether oxygens (including phenoxy) is 4. The molecule has 0 spiro atoms. The summed E-state index contributed by atoms with van der Waals surface area (Å²) >= 11 is 6.59. The third kappa shape index (κ3) is 9.14. The highest BCUT2D eigenvalue weighted by molar-refractivity contribution is 9.10. The Balaban J connectivity index is 0.000000355. The van der Waals surface area contributed by atoms with Gasteiger partial charge in [0.15, 0.2) is 5.75 Å². The predicted molar refractivity (Wildman–Crippen MR) is 138 cm³/mol. The average Bonchev–Trinajstić information content (AvgIpc) is 2.74. The lowest BCUT2D eigenvalue weighted by Gasteiger charge is -2.20. The summed E-state index contributed by atoms with van der Waals surface area (Å²) in [5, 5.41) is 11.1. The molecule has 0 aromatic heterocycles. The number of nitrogens with zero attached hydrogens (tertiary/aromatic N) is 1. The van der Waals surface area contributed by atoms with Crippen LogP contribution in [0.1, 0.15) is 52.7 Å². The molecule has 35 heavy (non-hydrogen) atoms. The van der Waals surface area contributed by atoms with Crippen molar-refractivity contribution in [3.05, 3.63) is 60.5 Å². The lowest BCUT2D eigenvalue weighted by Crippen LogP contribution is -2.15. The summed E-state index contributed by atoms with van der Waals surface area (Å²) in [6.07, 6.45) is -1.65. The van der Waals surface area contributed by atoms with E-state index >= 15 is 0 Å². The van der Waals surface area contributed by atoms with E-state index in [-0.39, 0.29) is 16.9 Å². The van der Waals surface area contributed by atoms with Gasteiger partial charge in [-0.3, -0.25) is 10.1 Å². The first-order chi connectivity index (χ1) is 16.0. The largest absolute Gasteiger partial charge is 0.513 e. The molecule has 0 aliphatic carbocycles. The number of methoxy groups -OCH3 is 2. The van der Waals surface area contributed by atoms with Crippen molar-refractivity contribution in [2.24, 2.45) is 0 Å². The van der Waals surface area contributed by atoms with Crippen LogP contribution >= 0.6 is 31.9 Å². The number of hydrogen-bond acceptors (Lipinski definition) is 8. The molecular formula is C24H29Br2NO8. The molecule has 9 nitrogen and oxygen atoms in total. The maximum absolute atomic E-state index is 11.1. The molecule has 11 heteroatoms. The van der Waals surface area contributed by atoms with Gasteiger partial charge in [-0.15, -0.1) is 0 Å². The van der Waals surface area contributed by atoms with E-state index in [4.69, 9.17) is 9.47 Å². The average molecular weight is 619 g/mol. The van der Waals surface area contributed by atoms with Crippen LogP contribution < -0.4 is 9.47 Å². The fourth-order valence-corrected chi connectivity index (χ4v) is 3.57. The molecule has 0 radical (unpaired) electrons. The molecule has 0 saturated carbocycles. The Labute approximate surface area is 221 Å². The van der Waals surface area contributed by atoms with E-state index < -0.39 is 22.6 Å². The van der Waals surface area contributed by atoms with Crippen molar-refractivity contribution in [2.45, 2.75) is 52.4 Å². The quantitative estimate of drug-likeness (QED) is 0.149. The van der Waals surface area contributed by atoms with Crippen LogP contribution in [0.4, 0.5) is 15.3 Å². The summed E-state index contributed by atoms with van der Waals surface area (Å²) in [5.41, 5.74) is 1.26. The van der Waals surface area contributed by atoms with E-state index in [2.05, 4.69) is 62.1 Å². The molecular weight excluding hydrogens is 590 g/mol. The van der Waals surface area contributed by atoms with Crippen LogP contribution in [0.15, 0.2) is 39.3 Å². The van der Waals surface area contributed by atoms with Crippen LogP contribution in [0.5, 0.6) is 11.5 Å². The van der Waals surface area contributed by atoms with Crippen LogP contribution in [0.3, 0.4) is 0 Å². The summed E-state index contributed by atoms with van der Waals surface area (Å²) < 4.78 is 19.8. The van der Waals surface area contributed by atoms with E-state index in [9.17, 15) is 19.7 Å². The Hall–Kier alpha value is -2.66. The zero-order valence-electron chi connectivity index (χ0n) is 20.9.